The second-order valence-electron chi connectivity index (χ2n) is 3.57. The molecule has 1 aliphatic rings. The van der Waals surface area contributed by atoms with Gasteiger partial charge in [0, 0.05) is 12.6 Å². The van der Waals surface area contributed by atoms with Crippen LogP contribution in [0.1, 0.15) is 11.8 Å². The van der Waals surface area contributed by atoms with Gasteiger partial charge in [-0.1, -0.05) is 42.5 Å². The van der Waals surface area contributed by atoms with E-state index in [-0.39, 0.29) is 6.23 Å². The summed E-state index contributed by atoms with van der Waals surface area (Å²) in [5.41, 5.74) is 1.26. The lowest BCUT2D eigenvalue weighted by atomic mass is 10.0. The maximum atomic E-state index is 5.34. The van der Waals surface area contributed by atoms with E-state index in [1.165, 1.54) is 16.3 Å². The Labute approximate surface area is 82.7 Å². The monoisotopic (exact) mass is 185 g/mol. The van der Waals surface area contributed by atoms with Gasteiger partial charge in [0.1, 0.15) is 0 Å². The van der Waals surface area contributed by atoms with Gasteiger partial charge in [0.2, 0.25) is 0 Å². The van der Waals surface area contributed by atoms with Crippen LogP contribution in [0.5, 0.6) is 0 Å². The molecule has 0 amide bonds. The lowest BCUT2D eigenvalue weighted by Crippen LogP contribution is -1.89. The van der Waals surface area contributed by atoms with Gasteiger partial charge in [-0.2, -0.15) is 5.06 Å². The second-order valence-corrected chi connectivity index (χ2v) is 3.57. The van der Waals surface area contributed by atoms with Crippen molar-refractivity contribution >= 4 is 10.8 Å². The third-order valence-corrected chi connectivity index (χ3v) is 2.64. The van der Waals surface area contributed by atoms with Crippen molar-refractivity contribution in [2.45, 2.75) is 6.23 Å². The minimum absolute atomic E-state index is 0.154. The van der Waals surface area contributed by atoms with Crippen LogP contribution in [0.2, 0.25) is 0 Å². The molecular weight excluding hydrogens is 174 g/mol. The molecule has 0 saturated carbocycles. The van der Waals surface area contributed by atoms with Crippen molar-refractivity contribution in [1.82, 2.24) is 5.06 Å². The van der Waals surface area contributed by atoms with Crippen LogP contribution < -0.4 is 0 Å². The van der Waals surface area contributed by atoms with E-state index in [1.807, 2.05) is 12.1 Å². The molecule has 3 rings (SSSR count). The summed E-state index contributed by atoms with van der Waals surface area (Å²) in [7, 11) is 1.95. The fourth-order valence-electron chi connectivity index (χ4n) is 1.85. The summed E-state index contributed by atoms with van der Waals surface area (Å²) in [5, 5.41) is 4.42. The third-order valence-electron chi connectivity index (χ3n) is 2.64. The predicted molar refractivity (Wildman–Crippen MR) is 55.5 cm³/mol. The van der Waals surface area contributed by atoms with E-state index in [9.17, 15) is 0 Å². The fraction of sp³-hybridized carbons (Fsp3) is 0.167. The Bertz CT molecular complexity index is 475. The smallest absolute Gasteiger partial charge is 0.180 e. The van der Waals surface area contributed by atoms with E-state index in [4.69, 9.17) is 4.84 Å². The minimum Gasteiger partial charge on any atom is -0.270 e. The van der Waals surface area contributed by atoms with Gasteiger partial charge >= 0.3 is 0 Å². The van der Waals surface area contributed by atoms with E-state index in [2.05, 4.69) is 42.5 Å². The molecule has 2 aromatic rings. The lowest BCUT2D eigenvalue weighted by molar-refractivity contribution is 0.233. The average molecular weight is 185 g/mol. The van der Waals surface area contributed by atoms with Gasteiger partial charge in [0.15, 0.2) is 6.23 Å². The summed E-state index contributed by atoms with van der Waals surface area (Å²) >= 11 is 0. The summed E-state index contributed by atoms with van der Waals surface area (Å²) < 4.78 is 0. The van der Waals surface area contributed by atoms with Gasteiger partial charge in [0.25, 0.3) is 0 Å². The van der Waals surface area contributed by atoms with Crippen molar-refractivity contribution in [3.63, 3.8) is 0 Å². The first kappa shape index (κ1) is 7.97. The Morgan fingerprint density at radius 2 is 1.79 bits per heavy atom. The van der Waals surface area contributed by atoms with Gasteiger partial charge in [-0.15, -0.1) is 0 Å². The molecule has 0 aromatic heterocycles. The van der Waals surface area contributed by atoms with Crippen molar-refractivity contribution < 1.29 is 4.84 Å². The summed E-state index contributed by atoms with van der Waals surface area (Å²) in [6, 6.07) is 14.7. The van der Waals surface area contributed by atoms with Crippen LogP contribution >= 0.6 is 0 Å². The summed E-state index contributed by atoms with van der Waals surface area (Å²) in [5.74, 6) is 0. The topological polar surface area (TPSA) is 15.5 Å². The summed E-state index contributed by atoms with van der Waals surface area (Å²) in [6.07, 6.45) is 0.154. The number of hydrogen-bond donors (Lipinski definition) is 0. The lowest BCUT2D eigenvalue weighted by Gasteiger charge is -2.01. The molecular formula is C12H11NO. The molecule has 0 radical (unpaired) electrons. The minimum atomic E-state index is 0.154. The van der Waals surface area contributed by atoms with E-state index in [0.717, 1.165) is 0 Å². The molecule has 2 nitrogen and oxygen atoms in total. The van der Waals surface area contributed by atoms with Crippen molar-refractivity contribution in [2.75, 3.05) is 7.05 Å². The Hall–Kier alpha value is -1.38. The van der Waals surface area contributed by atoms with Crippen LogP contribution in [-0.4, -0.2) is 12.1 Å². The standard InChI is InChI=1S/C12H11NO/c1-13-12(14-13)11-8-4-6-9-5-2-3-7-10(9)11/h2-8,12H,1H3/t12-,13?/m0/s1. The second kappa shape index (κ2) is 2.80. The highest BCUT2D eigenvalue weighted by atomic mass is 16.8. The van der Waals surface area contributed by atoms with Crippen molar-refractivity contribution in [3.05, 3.63) is 48.0 Å². The first-order valence-corrected chi connectivity index (χ1v) is 4.73. The highest BCUT2D eigenvalue weighted by Gasteiger charge is 2.34. The van der Waals surface area contributed by atoms with Crippen molar-refractivity contribution in [3.8, 4) is 0 Å². The quantitative estimate of drug-likeness (QED) is 0.635. The van der Waals surface area contributed by atoms with Gasteiger partial charge in [0.05, 0.1) is 0 Å². The van der Waals surface area contributed by atoms with Gasteiger partial charge in [-0.3, -0.25) is 4.84 Å². The summed E-state index contributed by atoms with van der Waals surface area (Å²) in [4.78, 5) is 5.34. The first-order chi connectivity index (χ1) is 6.86. The normalized spacial score (nSPS) is 25.2. The zero-order chi connectivity index (χ0) is 9.54. The number of hydroxylamine groups is 2. The molecule has 0 bridgehead atoms. The summed E-state index contributed by atoms with van der Waals surface area (Å²) in [6.45, 7) is 0. The van der Waals surface area contributed by atoms with Crippen LogP contribution in [0.4, 0.5) is 0 Å². The van der Waals surface area contributed by atoms with Crippen LogP contribution in [0.15, 0.2) is 42.5 Å². The SMILES string of the molecule is CN1O[C@H]1c1cccc2ccccc12. The van der Waals surface area contributed by atoms with Crippen molar-refractivity contribution in [1.29, 1.82) is 0 Å². The molecule has 1 heterocycles. The van der Waals surface area contributed by atoms with E-state index in [0.29, 0.717) is 0 Å². The van der Waals surface area contributed by atoms with Crippen LogP contribution in [0.25, 0.3) is 10.8 Å². The number of nitrogens with zero attached hydrogens (tertiary/aromatic N) is 1. The maximum absolute atomic E-state index is 5.34. The van der Waals surface area contributed by atoms with Crippen molar-refractivity contribution in [2.24, 2.45) is 0 Å². The zero-order valence-electron chi connectivity index (χ0n) is 7.97. The molecule has 1 fully saturated rings. The highest BCUT2D eigenvalue weighted by Crippen LogP contribution is 2.38. The number of fused-ring (bicyclic) bond motifs is 1. The Kier molecular flexibility index (Phi) is 1.60. The maximum Gasteiger partial charge on any atom is 0.180 e. The number of benzene rings is 2. The van der Waals surface area contributed by atoms with Gasteiger partial charge in [-0.25, -0.2) is 0 Å². The van der Waals surface area contributed by atoms with Crippen LogP contribution in [-0.2, 0) is 4.84 Å². The molecule has 1 unspecified atom stereocenters. The number of hydrogen-bond acceptors (Lipinski definition) is 2. The highest BCUT2D eigenvalue weighted by molar-refractivity contribution is 5.86. The molecule has 2 heteroatoms. The van der Waals surface area contributed by atoms with E-state index in [1.54, 1.807) is 0 Å². The van der Waals surface area contributed by atoms with Gasteiger partial charge < -0.3 is 0 Å². The zero-order valence-corrected chi connectivity index (χ0v) is 7.97. The molecule has 0 aliphatic carbocycles. The molecule has 0 spiro atoms. The first-order valence-electron chi connectivity index (χ1n) is 4.73. The predicted octanol–water partition coefficient (Wildman–Crippen LogP) is 2.72. The Morgan fingerprint density at radius 1 is 1.07 bits per heavy atom. The average Bonchev–Trinajstić information content (AvgIpc) is 2.95. The molecule has 2 aromatic carbocycles. The molecule has 0 N–H and O–H groups in total. The van der Waals surface area contributed by atoms with Gasteiger partial charge in [-0.05, 0) is 10.8 Å². The molecule has 2 atom stereocenters. The van der Waals surface area contributed by atoms with Crippen LogP contribution in [0, 0.1) is 0 Å². The number of rotatable bonds is 1. The Morgan fingerprint density at radius 3 is 2.57 bits per heavy atom. The molecule has 14 heavy (non-hydrogen) atoms. The Balaban J connectivity index is 2.23. The van der Waals surface area contributed by atoms with E-state index < -0.39 is 0 Å². The van der Waals surface area contributed by atoms with E-state index >= 15 is 0 Å². The molecule has 1 saturated heterocycles. The largest absolute Gasteiger partial charge is 0.270 e. The molecule has 70 valence electrons. The fourth-order valence-corrected chi connectivity index (χ4v) is 1.85. The third kappa shape index (κ3) is 1.12. The van der Waals surface area contributed by atoms with Crippen LogP contribution in [0.3, 0.4) is 0 Å². The molecule has 1 aliphatic heterocycles.